The normalized spacial score (nSPS) is 28.2. The van der Waals surface area contributed by atoms with Gasteiger partial charge in [0, 0.05) is 6.21 Å². The molecule has 0 saturated heterocycles. The minimum absolute atomic E-state index is 0.0709. The lowest BCUT2D eigenvalue weighted by atomic mass is 10.2. The number of aliphatic imine (C=N–C) groups is 2. The van der Waals surface area contributed by atoms with Crippen molar-refractivity contribution < 1.29 is 4.79 Å². The van der Waals surface area contributed by atoms with Gasteiger partial charge in [0.1, 0.15) is 12.5 Å². The monoisotopic (exact) mass is 152 g/mol. The second-order valence-electron chi connectivity index (χ2n) is 2.36. The highest BCUT2D eigenvalue weighted by Crippen LogP contribution is 2.00. The van der Waals surface area contributed by atoms with E-state index in [0.29, 0.717) is 19.0 Å². The van der Waals surface area contributed by atoms with E-state index >= 15 is 0 Å². The standard InChI is InChI=1S/C6H8N4O/c11-6-4-5(9-3-10-6)8-2-1-7-4/h1,4H,2-3H2,(H,8,9)(H,10,11). The first kappa shape index (κ1) is 6.33. The summed E-state index contributed by atoms with van der Waals surface area (Å²) in [4.78, 5) is 19.1. The Labute approximate surface area is 63.6 Å². The smallest absolute Gasteiger partial charge is 0.254 e. The maximum absolute atomic E-state index is 11.1. The maximum atomic E-state index is 11.1. The van der Waals surface area contributed by atoms with Gasteiger partial charge >= 0.3 is 0 Å². The predicted octanol–water partition coefficient (Wildman–Crippen LogP) is -1.49. The Balaban J connectivity index is 2.30. The third-order valence-electron chi connectivity index (χ3n) is 1.64. The fourth-order valence-electron chi connectivity index (χ4n) is 1.11. The Morgan fingerprint density at radius 3 is 3.27 bits per heavy atom. The van der Waals surface area contributed by atoms with Crippen molar-refractivity contribution in [3.8, 4) is 0 Å². The molecule has 2 aliphatic heterocycles. The second kappa shape index (κ2) is 2.34. The van der Waals surface area contributed by atoms with Crippen molar-refractivity contribution in [1.29, 1.82) is 0 Å². The summed E-state index contributed by atoms with van der Waals surface area (Å²) in [5.74, 6) is 0.620. The SMILES string of the molecule is O=C1NCN=C2NCC=NC12. The first-order valence-corrected chi connectivity index (χ1v) is 3.45. The van der Waals surface area contributed by atoms with Crippen LogP contribution in [-0.2, 0) is 4.79 Å². The van der Waals surface area contributed by atoms with Crippen molar-refractivity contribution in [2.24, 2.45) is 9.98 Å². The van der Waals surface area contributed by atoms with Crippen LogP contribution in [0.2, 0.25) is 0 Å². The van der Waals surface area contributed by atoms with Gasteiger partial charge in [-0.3, -0.25) is 9.79 Å². The van der Waals surface area contributed by atoms with Crippen LogP contribution in [0.5, 0.6) is 0 Å². The topological polar surface area (TPSA) is 65.8 Å². The Hall–Kier alpha value is -1.39. The van der Waals surface area contributed by atoms with Crippen LogP contribution in [-0.4, -0.2) is 37.2 Å². The average Bonchev–Trinajstić information content (AvgIpc) is 2.06. The lowest BCUT2D eigenvalue weighted by Gasteiger charge is -2.23. The highest BCUT2D eigenvalue weighted by Gasteiger charge is 2.27. The lowest BCUT2D eigenvalue weighted by molar-refractivity contribution is -0.121. The largest absolute Gasteiger partial charge is 0.367 e. The van der Waals surface area contributed by atoms with E-state index in [1.807, 2.05) is 0 Å². The van der Waals surface area contributed by atoms with E-state index in [4.69, 9.17) is 0 Å². The first-order chi connectivity index (χ1) is 5.38. The molecule has 0 aliphatic carbocycles. The molecule has 0 bridgehead atoms. The van der Waals surface area contributed by atoms with E-state index in [2.05, 4.69) is 20.6 Å². The van der Waals surface area contributed by atoms with E-state index in [-0.39, 0.29) is 5.91 Å². The molecule has 58 valence electrons. The molecule has 1 amide bonds. The number of rotatable bonds is 0. The zero-order valence-electron chi connectivity index (χ0n) is 5.87. The summed E-state index contributed by atoms with van der Waals surface area (Å²) in [5.41, 5.74) is 0. The number of hydrogen-bond donors (Lipinski definition) is 2. The molecular formula is C6H8N4O. The van der Waals surface area contributed by atoms with Gasteiger partial charge in [0.05, 0.1) is 6.54 Å². The molecule has 2 heterocycles. The summed E-state index contributed by atoms with van der Waals surface area (Å²) in [7, 11) is 0. The molecule has 0 spiro atoms. The van der Waals surface area contributed by atoms with Gasteiger partial charge < -0.3 is 10.6 Å². The molecule has 0 fully saturated rings. The Kier molecular flexibility index (Phi) is 1.34. The van der Waals surface area contributed by atoms with Crippen LogP contribution in [0.1, 0.15) is 0 Å². The summed E-state index contributed by atoms with van der Waals surface area (Å²) >= 11 is 0. The Bertz CT molecular complexity index is 245. The number of carbonyl (C=O) groups excluding carboxylic acids is 1. The molecule has 5 heteroatoms. The molecule has 2 aliphatic rings. The minimum Gasteiger partial charge on any atom is -0.367 e. The molecule has 0 aromatic rings. The highest BCUT2D eigenvalue weighted by molar-refractivity contribution is 6.10. The van der Waals surface area contributed by atoms with Gasteiger partial charge in [-0.1, -0.05) is 0 Å². The molecular weight excluding hydrogens is 144 g/mol. The number of nitrogens with one attached hydrogen (secondary N) is 2. The number of carbonyl (C=O) groups is 1. The molecule has 1 atom stereocenters. The third-order valence-corrected chi connectivity index (χ3v) is 1.64. The molecule has 2 rings (SSSR count). The predicted molar refractivity (Wildman–Crippen MR) is 40.7 cm³/mol. The molecule has 2 N–H and O–H groups in total. The van der Waals surface area contributed by atoms with Crippen LogP contribution in [0, 0.1) is 0 Å². The highest BCUT2D eigenvalue weighted by atomic mass is 16.2. The molecule has 1 unspecified atom stereocenters. The number of amidine groups is 1. The van der Waals surface area contributed by atoms with Gasteiger partial charge in [0.2, 0.25) is 0 Å². The van der Waals surface area contributed by atoms with Crippen molar-refractivity contribution in [3.05, 3.63) is 0 Å². The van der Waals surface area contributed by atoms with E-state index in [1.165, 1.54) is 0 Å². The summed E-state index contributed by atoms with van der Waals surface area (Å²) < 4.78 is 0. The van der Waals surface area contributed by atoms with Crippen molar-refractivity contribution in [1.82, 2.24) is 10.6 Å². The quantitative estimate of drug-likeness (QED) is 0.444. The number of nitrogens with zero attached hydrogens (tertiary/aromatic N) is 2. The molecule has 0 aromatic carbocycles. The molecule has 11 heavy (non-hydrogen) atoms. The van der Waals surface area contributed by atoms with Crippen LogP contribution >= 0.6 is 0 Å². The van der Waals surface area contributed by atoms with Crippen molar-refractivity contribution in [2.45, 2.75) is 6.04 Å². The van der Waals surface area contributed by atoms with Crippen molar-refractivity contribution in [2.75, 3.05) is 13.2 Å². The van der Waals surface area contributed by atoms with Gasteiger partial charge in [-0.25, -0.2) is 4.99 Å². The Morgan fingerprint density at radius 2 is 2.45 bits per heavy atom. The molecule has 0 aromatic heterocycles. The number of amides is 1. The average molecular weight is 152 g/mol. The van der Waals surface area contributed by atoms with Crippen LogP contribution in [0.25, 0.3) is 0 Å². The van der Waals surface area contributed by atoms with Crippen LogP contribution in [0.4, 0.5) is 0 Å². The van der Waals surface area contributed by atoms with E-state index in [0.717, 1.165) is 0 Å². The molecule has 5 nitrogen and oxygen atoms in total. The van der Waals surface area contributed by atoms with Crippen molar-refractivity contribution in [3.63, 3.8) is 0 Å². The summed E-state index contributed by atoms with van der Waals surface area (Å²) in [6.07, 6.45) is 1.69. The first-order valence-electron chi connectivity index (χ1n) is 3.45. The number of fused-ring (bicyclic) bond motifs is 1. The Morgan fingerprint density at radius 1 is 1.55 bits per heavy atom. The zero-order valence-corrected chi connectivity index (χ0v) is 5.87. The molecule has 0 saturated carbocycles. The minimum atomic E-state index is -0.419. The zero-order chi connectivity index (χ0) is 7.68. The number of hydrogen-bond acceptors (Lipinski definition) is 4. The third kappa shape index (κ3) is 0.978. The summed E-state index contributed by atoms with van der Waals surface area (Å²) in [6, 6.07) is -0.419. The van der Waals surface area contributed by atoms with Gasteiger partial charge in [0.25, 0.3) is 5.91 Å². The van der Waals surface area contributed by atoms with Gasteiger partial charge in [-0.15, -0.1) is 0 Å². The van der Waals surface area contributed by atoms with Crippen LogP contribution in [0.15, 0.2) is 9.98 Å². The van der Waals surface area contributed by atoms with E-state index < -0.39 is 6.04 Å². The van der Waals surface area contributed by atoms with E-state index in [1.54, 1.807) is 6.21 Å². The van der Waals surface area contributed by atoms with Crippen LogP contribution in [0.3, 0.4) is 0 Å². The maximum Gasteiger partial charge on any atom is 0.254 e. The van der Waals surface area contributed by atoms with Crippen LogP contribution < -0.4 is 10.6 Å². The van der Waals surface area contributed by atoms with E-state index in [9.17, 15) is 4.79 Å². The summed E-state index contributed by atoms with van der Waals surface area (Å²) in [6.45, 7) is 1.04. The lowest BCUT2D eigenvalue weighted by Crippen LogP contribution is -2.51. The van der Waals surface area contributed by atoms with Gasteiger partial charge in [-0.05, 0) is 0 Å². The fraction of sp³-hybridized carbons (Fsp3) is 0.500. The van der Waals surface area contributed by atoms with Gasteiger partial charge in [0.15, 0.2) is 6.04 Å². The fourth-order valence-corrected chi connectivity index (χ4v) is 1.11. The second-order valence-corrected chi connectivity index (χ2v) is 2.36. The molecule has 0 radical (unpaired) electrons. The summed E-state index contributed by atoms with van der Waals surface area (Å²) in [5, 5.41) is 5.59. The van der Waals surface area contributed by atoms with Gasteiger partial charge in [-0.2, -0.15) is 0 Å². The van der Waals surface area contributed by atoms with Crippen molar-refractivity contribution >= 4 is 18.0 Å².